The van der Waals surface area contributed by atoms with E-state index in [0.29, 0.717) is 16.8 Å². The molecular formula is C25H30N2O4S. The number of hydrogen-bond acceptors (Lipinski definition) is 6. The SMILES string of the molecule is COc1ccccc1CC(=O)Nc1nc2c(s1)C[C@@]1(C)CC[C@@H]3[C@@H](OC(=O)[C@H]3C)[C@H]1[C@H]2C. The summed E-state index contributed by atoms with van der Waals surface area (Å²) < 4.78 is 11.3. The van der Waals surface area contributed by atoms with Crippen molar-refractivity contribution in [3.8, 4) is 5.75 Å². The van der Waals surface area contributed by atoms with Gasteiger partial charge in [0, 0.05) is 28.2 Å². The lowest BCUT2D eigenvalue weighted by molar-refractivity contribution is -0.149. The molecule has 0 radical (unpaired) electrons. The predicted molar refractivity (Wildman–Crippen MR) is 123 cm³/mol. The van der Waals surface area contributed by atoms with E-state index in [-0.39, 0.29) is 47.6 Å². The van der Waals surface area contributed by atoms with Gasteiger partial charge in [-0.05, 0) is 30.7 Å². The average Bonchev–Trinajstić information content (AvgIpc) is 3.27. The Labute approximate surface area is 192 Å². The van der Waals surface area contributed by atoms with Gasteiger partial charge in [0.25, 0.3) is 0 Å². The van der Waals surface area contributed by atoms with Gasteiger partial charge in [-0.3, -0.25) is 9.59 Å². The van der Waals surface area contributed by atoms with E-state index in [1.165, 1.54) is 4.88 Å². The van der Waals surface area contributed by atoms with Gasteiger partial charge in [0.05, 0.1) is 25.1 Å². The normalized spacial score (nSPS) is 33.0. The zero-order valence-corrected chi connectivity index (χ0v) is 19.8. The summed E-state index contributed by atoms with van der Waals surface area (Å²) in [5.41, 5.74) is 1.99. The second kappa shape index (κ2) is 7.87. The molecule has 1 N–H and O–H groups in total. The fourth-order valence-electron chi connectivity index (χ4n) is 6.32. The van der Waals surface area contributed by atoms with E-state index >= 15 is 0 Å². The van der Waals surface area contributed by atoms with Crippen LogP contribution in [-0.2, 0) is 27.2 Å². The molecule has 6 atom stereocenters. The standard InChI is InChI=1S/C25H30N2O4S/c1-13-16-9-10-25(3)12-18-21(14(2)20(25)22(16)31-23(13)29)27-24(32-18)26-19(28)11-15-7-5-6-8-17(15)30-4/h5-8,13-14,16,20,22H,9-12H2,1-4H3,(H,26,27,28)/t13-,14+,16-,20+,22+,25+/m0/s1. The number of carbonyl (C=O) groups excluding carboxylic acids is 2. The maximum Gasteiger partial charge on any atom is 0.309 e. The maximum atomic E-state index is 12.7. The molecule has 6 nitrogen and oxygen atoms in total. The number of para-hydroxylation sites is 1. The molecule has 170 valence electrons. The third-order valence-electron chi connectivity index (χ3n) is 7.95. The Morgan fingerprint density at radius 1 is 1.31 bits per heavy atom. The van der Waals surface area contributed by atoms with Crippen LogP contribution in [0, 0.1) is 23.2 Å². The van der Waals surface area contributed by atoms with Gasteiger partial charge in [0.1, 0.15) is 11.9 Å². The highest BCUT2D eigenvalue weighted by atomic mass is 32.1. The van der Waals surface area contributed by atoms with Crippen molar-refractivity contribution in [3.05, 3.63) is 40.4 Å². The van der Waals surface area contributed by atoms with E-state index < -0.39 is 0 Å². The number of ether oxygens (including phenoxy) is 2. The number of methoxy groups -OCH3 is 1. The van der Waals surface area contributed by atoms with Crippen LogP contribution in [0.5, 0.6) is 5.75 Å². The summed E-state index contributed by atoms with van der Waals surface area (Å²) in [6.07, 6.45) is 3.27. The number of nitrogens with one attached hydrogen (secondary N) is 1. The predicted octanol–water partition coefficient (Wildman–Crippen LogP) is 4.59. The number of aromatic nitrogens is 1. The van der Waals surface area contributed by atoms with Gasteiger partial charge in [0.15, 0.2) is 5.13 Å². The van der Waals surface area contributed by atoms with Crippen LogP contribution in [-0.4, -0.2) is 30.1 Å². The summed E-state index contributed by atoms with van der Waals surface area (Å²) in [5.74, 6) is 1.30. The molecule has 0 bridgehead atoms. The second-order valence-electron chi connectivity index (χ2n) is 9.90. The number of hydrogen-bond donors (Lipinski definition) is 1. The molecule has 0 unspecified atom stereocenters. The quantitative estimate of drug-likeness (QED) is 0.684. The summed E-state index contributed by atoms with van der Waals surface area (Å²) in [5, 5.41) is 3.65. The van der Waals surface area contributed by atoms with Gasteiger partial charge >= 0.3 is 5.97 Å². The second-order valence-corrected chi connectivity index (χ2v) is 11.0. The van der Waals surface area contributed by atoms with Crippen LogP contribution in [0.4, 0.5) is 5.13 Å². The molecular weight excluding hydrogens is 424 g/mol. The number of fused-ring (bicyclic) bond motifs is 4. The molecule has 2 aromatic rings. The van der Waals surface area contributed by atoms with Gasteiger partial charge < -0.3 is 14.8 Å². The summed E-state index contributed by atoms with van der Waals surface area (Å²) in [4.78, 5) is 31.1. The average molecular weight is 455 g/mol. The van der Waals surface area contributed by atoms with Gasteiger partial charge in [-0.15, -0.1) is 11.3 Å². The van der Waals surface area contributed by atoms with Crippen LogP contribution in [0.25, 0.3) is 0 Å². The van der Waals surface area contributed by atoms with E-state index in [1.807, 2.05) is 31.2 Å². The van der Waals surface area contributed by atoms with Crippen LogP contribution in [0.15, 0.2) is 24.3 Å². The molecule has 2 fully saturated rings. The molecule has 1 aromatic carbocycles. The first-order valence-electron chi connectivity index (χ1n) is 11.4. The Morgan fingerprint density at radius 3 is 2.88 bits per heavy atom. The number of carbonyl (C=O) groups is 2. The lowest BCUT2D eigenvalue weighted by Gasteiger charge is -2.51. The van der Waals surface area contributed by atoms with E-state index in [4.69, 9.17) is 14.5 Å². The Balaban J connectivity index is 1.36. The zero-order chi connectivity index (χ0) is 22.6. The van der Waals surface area contributed by atoms with Gasteiger partial charge in [-0.25, -0.2) is 4.98 Å². The first-order valence-corrected chi connectivity index (χ1v) is 12.2. The monoisotopic (exact) mass is 454 g/mol. The van der Waals surface area contributed by atoms with Crippen molar-refractivity contribution in [2.75, 3.05) is 12.4 Å². The third-order valence-corrected chi connectivity index (χ3v) is 8.93. The van der Waals surface area contributed by atoms with Gasteiger partial charge in [-0.2, -0.15) is 0 Å². The van der Waals surface area contributed by atoms with E-state index in [0.717, 1.165) is 30.5 Å². The number of anilines is 1. The van der Waals surface area contributed by atoms with Crippen molar-refractivity contribution >= 4 is 28.3 Å². The van der Waals surface area contributed by atoms with Crippen molar-refractivity contribution in [2.24, 2.45) is 23.2 Å². The van der Waals surface area contributed by atoms with Crippen molar-refractivity contribution in [3.63, 3.8) is 0 Å². The largest absolute Gasteiger partial charge is 0.496 e. The Kier molecular flexibility index (Phi) is 5.27. The molecule has 5 rings (SSSR count). The highest BCUT2D eigenvalue weighted by Gasteiger charge is 2.58. The fourth-order valence-corrected chi connectivity index (χ4v) is 7.60. The summed E-state index contributed by atoms with van der Waals surface area (Å²) in [7, 11) is 1.61. The molecule has 1 aliphatic heterocycles. The highest BCUT2D eigenvalue weighted by molar-refractivity contribution is 7.15. The number of esters is 1. The molecule has 3 aliphatic rings. The molecule has 2 aliphatic carbocycles. The van der Waals surface area contributed by atoms with Crippen molar-refractivity contribution < 1.29 is 19.1 Å². The minimum atomic E-state index is -0.101. The lowest BCUT2D eigenvalue weighted by atomic mass is 9.54. The van der Waals surface area contributed by atoms with E-state index in [1.54, 1.807) is 18.4 Å². The Bertz CT molecular complexity index is 1070. The van der Waals surface area contributed by atoms with Crippen LogP contribution < -0.4 is 10.1 Å². The highest BCUT2D eigenvalue weighted by Crippen LogP contribution is 2.59. The molecule has 1 amide bonds. The molecule has 32 heavy (non-hydrogen) atoms. The first kappa shape index (κ1) is 21.4. The van der Waals surface area contributed by atoms with Crippen LogP contribution in [0.3, 0.4) is 0 Å². The number of amides is 1. The van der Waals surface area contributed by atoms with Crippen molar-refractivity contribution in [2.45, 2.75) is 58.5 Å². The van der Waals surface area contributed by atoms with Crippen LogP contribution in [0.1, 0.15) is 55.7 Å². The zero-order valence-electron chi connectivity index (χ0n) is 19.0. The molecule has 7 heteroatoms. The molecule has 0 spiro atoms. The molecule has 2 heterocycles. The smallest absolute Gasteiger partial charge is 0.309 e. The minimum Gasteiger partial charge on any atom is -0.496 e. The Morgan fingerprint density at radius 2 is 2.09 bits per heavy atom. The maximum absolute atomic E-state index is 12.7. The third kappa shape index (κ3) is 3.41. The Hall–Kier alpha value is -2.41. The molecule has 1 saturated heterocycles. The van der Waals surface area contributed by atoms with Crippen LogP contribution >= 0.6 is 11.3 Å². The first-order chi connectivity index (χ1) is 15.3. The van der Waals surface area contributed by atoms with E-state index in [9.17, 15) is 9.59 Å². The van der Waals surface area contributed by atoms with Gasteiger partial charge in [-0.1, -0.05) is 39.0 Å². The molecule has 1 saturated carbocycles. The van der Waals surface area contributed by atoms with Gasteiger partial charge in [0.2, 0.25) is 5.91 Å². The molecule has 1 aromatic heterocycles. The lowest BCUT2D eigenvalue weighted by Crippen LogP contribution is -2.50. The summed E-state index contributed by atoms with van der Waals surface area (Å²) >= 11 is 1.59. The van der Waals surface area contributed by atoms with Crippen molar-refractivity contribution in [1.29, 1.82) is 0 Å². The topological polar surface area (TPSA) is 77.5 Å². The van der Waals surface area contributed by atoms with E-state index in [2.05, 4.69) is 19.2 Å². The number of rotatable bonds is 4. The minimum absolute atomic E-state index is 0.0154. The number of nitrogens with zero attached hydrogens (tertiary/aromatic N) is 1. The number of thiazole rings is 1. The van der Waals surface area contributed by atoms with Crippen molar-refractivity contribution in [1.82, 2.24) is 4.98 Å². The fraction of sp³-hybridized carbons (Fsp3) is 0.560. The number of benzene rings is 1. The van der Waals surface area contributed by atoms with Crippen LogP contribution in [0.2, 0.25) is 0 Å². The summed E-state index contributed by atoms with van der Waals surface area (Å²) in [6.45, 7) is 6.55. The summed E-state index contributed by atoms with van der Waals surface area (Å²) in [6, 6.07) is 7.56.